The SMILES string of the molecule is COCCCn1c(C)cc(C(=O)COC(=O)c2cc(C)n(Cc3ccco3)c2C)c1C. The molecule has 0 amide bonds. The Kier molecular flexibility index (Phi) is 7.17. The number of carbonyl (C=O) groups is 2. The Bertz CT molecular complexity index is 1060. The number of methoxy groups -OCH3 is 1. The summed E-state index contributed by atoms with van der Waals surface area (Å²) in [5, 5.41) is 0. The zero-order valence-corrected chi connectivity index (χ0v) is 18.9. The molecule has 0 fully saturated rings. The first-order valence-electron chi connectivity index (χ1n) is 10.4. The number of aryl methyl sites for hydroxylation is 2. The maximum Gasteiger partial charge on any atom is 0.340 e. The Morgan fingerprint density at radius 2 is 1.68 bits per heavy atom. The van der Waals surface area contributed by atoms with Crippen LogP contribution in [0.1, 0.15) is 55.7 Å². The molecule has 0 aliphatic carbocycles. The van der Waals surface area contributed by atoms with E-state index in [-0.39, 0.29) is 12.4 Å². The summed E-state index contributed by atoms with van der Waals surface area (Å²) in [6.45, 7) is 9.36. The third-order valence-corrected chi connectivity index (χ3v) is 5.63. The van der Waals surface area contributed by atoms with E-state index < -0.39 is 5.97 Å². The van der Waals surface area contributed by atoms with E-state index in [1.165, 1.54) is 0 Å². The summed E-state index contributed by atoms with van der Waals surface area (Å²) in [4.78, 5) is 25.4. The van der Waals surface area contributed by atoms with Gasteiger partial charge in [0.2, 0.25) is 5.78 Å². The maximum atomic E-state index is 12.7. The van der Waals surface area contributed by atoms with Gasteiger partial charge in [-0.2, -0.15) is 0 Å². The molecule has 0 radical (unpaired) electrons. The standard InChI is InChI=1S/C24H30N2O5/c1-16-12-21(18(3)25(16)9-7-10-29-5)23(27)15-31-24(28)22-13-17(2)26(19(22)4)14-20-8-6-11-30-20/h6,8,11-13H,7,9-10,14-15H2,1-5H3. The Balaban J connectivity index is 1.66. The summed E-state index contributed by atoms with van der Waals surface area (Å²) >= 11 is 0. The number of ketones is 1. The van der Waals surface area contributed by atoms with Crippen LogP contribution in [-0.4, -0.2) is 41.2 Å². The van der Waals surface area contributed by atoms with Gasteiger partial charge in [0.05, 0.1) is 18.4 Å². The van der Waals surface area contributed by atoms with Gasteiger partial charge in [-0.15, -0.1) is 0 Å². The van der Waals surface area contributed by atoms with Crippen LogP contribution >= 0.6 is 0 Å². The first-order valence-corrected chi connectivity index (χ1v) is 10.4. The molecular formula is C24H30N2O5. The summed E-state index contributed by atoms with van der Waals surface area (Å²) in [7, 11) is 1.67. The van der Waals surface area contributed by atoms with Crippen molar-refractivity contribution in [1.29, 1.82) is 0 Å². The van der Waals surface area contributed by atoms with Gasteiger partial charge in [0.1, 0.15) is 5.76 Å². The molecule has 3 heterocycles. The molecule has 3 rings (SSSR count). The minimum Gasteiger partial charge on any atom is -0.467 e. The minimum absolute atomic E-state index is 0.205. The number of Topliss-reactive ketones (excluding diaryl/α,β-unsaturated/α-hetero) is 1. The van der Waals surface area contributed by atoms with Crippen molar-refractivity contribution in [3.63, 3.8) is 0 Å². The molecular weight excluding hydrogens is 396 g/mol. The van der Waals surface area contributed by atoms with E-state index in [9.17, 15) is 9.59 Å². The molecule has 0 N–H and O–H groups in total. The number of carbonyl (C=O) groups excluding carboxylic acids is 2. The van der Waals surface area contributed by atoms with E-state index in [2.05, 4.69) is 4.57 Å². The van der Waals surface area contributed by atoms with Crippen molar-refractivity contribution in [2.24, 2.45) is 0 Å². The second kappa shape index (κ2) is 9.83. The van der Waals surface area contributed by atoms with Gasteiger partial charge in [0.15, 0.2) is 6.61 Å². The number of esters is 1. The van der Waals surface area contributed by atoms with E-state index in [1.807, 2.05) is 50.5 Å². The lowest BCUT2D eigenvalue weighted by atomic mass is 10.1. The predicted molar refractivity (Wildman–Crippen MR) is 117 cm³/mol. The molecule has 3 aromatic heterocycles. The van der Waals surface area contributed by atoms with E-state index in [4.69, 9.17) is 13.9 Å². The predicted octanol–water partition coefficient (Wildman–Crippen LogP) is 4.24. The van der Waals surface area contributed by atoms with Crippen LogP contribution in [0, 0.1) is 27.7 Å². The fraction of sp³-hybridized carbons (Fsp3) is 0.417. The number of furan rings is 1. The van der Waals surface area contributed by atoms with Crippen LogP contribution in [0.3, 0.4) is 0 Å². The van der Waals surface area contributed by atoms with Gasteiger partial charge in [-0.1, -0.05) is 0 Å². The van der Waals surface area contributed by atoms with Crippen LogP contribution in [0.25, 0.3) is 0 Å². The smallest absolute Gasteiger partial charge is 0.340 e. The van der Waals surface area contributed by atoms with Gasteiger partial charge in [-0.05, 0) is 58.4 Å². The van der Waals surface area contributed by atoms with E-state index >= 15 is 0 Å². The highest BCUT2D eigenvalue weighted by molar-refractivity contribution is 6.00. The Labute approximate surface area is 182 Å². The van der Waals surface area contributed by atoms with Crippen molar-refractivity contribution in [1.82, 2.24) is 9.13 Å². The van der Waals surface area contributed by atoms with E-state index in [1.54, 1.807) is 19.4 Å². The van der Waals surface area contributed by atoms with Gasteiger partial charge in [0, 0.05) is 48.6 Å². The summed E-state index contributed by atoms with van der Waals surface area (Å²) in [6, 6.07) is 7.36. The first-order chi connectivity index (χ1) is 14.8. The molecule has 7 nitrogen and oxygen atoms in total. The minimum atomic E-state index is -0.499. The quantitative estimate of drug-likeness (QED) is 0.275. The zero-order chi connectivity index (χ0) is 22.5. The molecule has 0 unspecified atom stereocenters. The molecule has 0 bridgehead atoms. The average molecular weight is 427 g/mol. The Morgan fingerprint density at radius 3 is 2.35 bits per heavy atom. The summed E-state index contributed by atoms with van der Waals surface area (Å²) in [5.41, 5.74) is 4.64. The van der Waals surface area contributed by atoms with Gasteiger partial charge < -0.3 is 23.0 Å². The third kappa shape index (κ3) is 4.99. The van der Waals surface area contributed by atoms with Crippen LogP contribution in [-0.2, 0) is 22.6 Å². The van der Waals surface area contributed by atoms with Crippen LogP contribution in [0.4, 0.5) is 0 Å². The molecule has 0 aromatic carbocycles. The Morgan fingerprint density at radius 1 is 1.00 bits per heavy atom. The molecule has 166 valence electrons. The lowest BCUT2D eigenvalue weighted by molar-refractivity contribution is 0.0473. The normalized spacial score (nSPS) is 11.1. The van der Waals surface area contributed by atoms with Crippen molar-refractivity contribution in [3.8, 4) is 0 Å². The summed E-state index contributed by atoms with van der Waals surface area (Å²) in [5.74, 6) is 0.0997. The molecule has 0 saturated heterocycles. The second-order valence-corrected chi connectivity index (χ2v) is 7.73. The highest BCUT2D eigenvalue weighted by atomic mass is 16.5. The van der Waals surface area contributed by atoms with Crippen molar-refractivity contribution in [3.05, 3.63) is 70.2 Å². The summed E-state index contributed by atoms with van der Waals surface area (Å²) < 4.78 is 20.0. The number of nitrogens with zero attached hydrogens (tertiary/aromatic N) is 2. The number of rotatable bonds is 10. The number of ether oxygens (including phenoxy) is 2. The van der Waals surface area contributed by atoms with Crippen molar-refractivity contribution >= 4 is 11.8 Å². The van der Waals surface area contributed by atoms with Crippen LogP contribution in [0.5, 0.6) is 0 Å². The first kappa shape index (κ1) is 22.6. The van der Waals surface area contributed by atoms with Gasteiger partial charge in [-0.3, -0.25) is 4.79 Å². The molecule has 3 aromatic rings. The number of hydrogen-bond donors (Lipinski definition) is 0. The lowest BCUT2D eigenvalue weighted by Crippen LogP contribution is -2.16. The van der Waals surface area contributed by atoms with E-state index in [0.29, 0.717) is 24.3 Å². The number of aromatic nitrogens is 2. The lowest BCUT2D eigenvalue weighted by Gasteiger charge is -2.10. The molecule has 0 aliphatic heterocycles. The zero-order valence-electron chi connectivity index (χ0n) is 18.9. The Hall–Kier alpha value is -3.06. The monoisotopic (exact) mass is 426 g/mol. The van der Waals surface area contributed by atoms with Crippen molar-refractivity contribution < 1.29 is 23.5 Å². The van der Waals surface area contributed by atoms with Gasteiger partial charge in [-0.25, -0.2) is 4.79 Å². The van der Waals surface area contributed by atoms with Gasteiger partial charge >= 0.3 is 5.97 Å². The highest BCUT2D eigenvalue weighted by Gasteiger charge is 2.21. The van der Waals surface area contributed by atoms with Gasteiger partial charge in [0.25, 0.3) is 0 Å². The highest BCUT2D eigenvalue weighted by Crippen LogP contribution is 2.20. The number of hydrogen-bond acceptors (Lipinski definition) is 5. The van der Waals surface area contributed by atoms with Crippen LogP contribution < -0.4 is 0 Å². The molecule has 0 saturated carbocycles. The van der Waals surface area contributed by atoms with Crippen molar-refractivity contribution in [2.75, 3.05) is 20.3 Å². The fourth-order valence-electron chi connectivity index (χ4n) is 3.89. The molecule has 0 atom stereocenters. The van der Waals surface area contributed by atoms with Crippen molar-refractivity contribution in [2.45, 2.75) is 47.2 Å². The average Bonchev–Trinajstić information content (AvgIpc) is 3.43. The fourth-order valence-corrected chi connectivity index (χ4v) is 3.89. The van der Waals surface area contributed by atoms with Crippen LogP contribution in [0.2, 0.25) is 0 Å². The summed E-state index contributed by atoms with van der Waals surface area (Å²) in [6.07, 6.45) is 2.49. The molecule has 0 spiro atoms. The third-order valence-electron chi connectivity index (χ3n) is 5.63. The molecule has 7 heteroatoms. The second-order valence-electron chi connectivity index (χ2n) is 7.73. The molecule has 0 aliphatic rings. The largest absolute Gasteiger partial charge is 0.467 e. The molecule has 31 heavy (non-hydrogen) atoms. The van der Waals surface area contributed by atoms with Crippen LogP contribution in [0.15, 0.2) is 34.9 Å². The topological polar surface area (TPSA) is 75.6 Å². The maximum absolute atomic E-state index is 12.7. The van der Waals surface area contributed by atoms with E-state index in [0.717, 1.165) is 41.5 Å².